The molecule has 0 amide bonds. The minimum Gasteiger partial charge on any atom is -0.395 e. The molecule has 22 heavy (non-hydrogen) atoms. The van der Waals surface area contributed by atoms with Gasteiger partial charge in [0.05, 0.1) is 6.61 Å². The average Bonchev–Trinajstić information content (AvgIpc) is 2.97. The van der Waals surface area contributed by atoms with Crippen molar-refractivity contribution >= 4 is 16.5 Å². The van der Waals surface area contributed by atoms with Gasteiger partial charge in [-0.3, -0.25) is 4.90 Å². The number of anilines is 1. The summed E-state index contributed by atoms with van der Waals surface area (Å²) in [5.41, 5.74) is 0. The maximum atomic E-state index is 9.39. The van der Waals surface area contributed by atoms with Crippen molar-refractivity contribution in [3.63, 3.8) is 0 Å². The van der Waals surface area contributed by atoms with E-state index < -0.39 is 0 Å². The van der Waals surface area contributed by atoms with Gasteiger partial charge in [-0.1, -0.05) is 0 Å². The summed E-state index contributed by atoms with van der Waals surface area (Å²) in [6, 6.07) is 0.586. The number of aliphatic hydroxyl groups is 1. The molecule has 0 radical (unpaired) electrons. The normalized spacial score (nSPS) is 17.3. The Morgan fingerprint density at radius 3 is 2.59 bits per heavy atom. The quantitative estimate of drug-likeness (QED) is 0.790. The molecule has 2 rings (SSSR count). The predicted octanol–water partition coefficient (Wildman–Crippen LogP) is 1.88. The Morgan fingerprint density at radius 1 is 1.32 bits per heavy atom. The molecule has 5 nitrogen and oxygen atoms in total. The highest BCUT2D eigenvalue weighted by molar-refractivity contribution is 7.15. The predicted molar refractivity (Wildman–Crippen MR) is 93.7 cm³/mol. The van der Waals surface area contributed by atoms with Crippen molar-refractivity contribution < 1.29 is 5.11 Å². The number of likely N-dealkylation sites (tertiary alicyclic amines) is 1. The number of aliphatic hydroxyl groups excluding tert-OH is 1. The molecule has 0 aliphatic carbocycles. The van der Waals surface area contributed by atoms with Crippen molar-refractivity contribution in [2.45, 2.75) is 39.3 Å². The van der Waals surface area contributed by atoms with Crippen LogP contribution < -0.4 is 4.90 Å². The third kappa shape index (κ3) is 4.65. The maximum absolute atomic E-state index is 9.39. The SMILES string of the molecule is CCN(CC)c1ncc(CN(CCO)C2CCN(C)CC2)s1. The van der Waals surface area contributed by atoms with Crippen molar-refractivity contribution in [2.75, 3.05) is 51.3 Å². The van der Waals surface area contributed by atoms with E-state index in [1.165, 1.54) is 17.7 Å². The molecule has 1 fully saturated rings. The van der Waals surface area contributed by atoms with E-state index in [4.69, 9.17) is 0 Å². The standard InChI is InChI=1S/C16H30N4OS/c1-4-19(5-2)16-17-12-15(22-16)13-20(10-11-21)14-6-8-18(3)9-7-14/h12,14,21H,4-11,13H2,1-3H3. The molecule has 0 atom stereocenters. The maximum Gasteiger partial charge on any atom is 0.185 e. The van der Waals surface area contributed by atoms with Crippen LogP contribution in [0.2, 0.25) is 0 Å². The van der Waals surface area contributed by atoms with Gasteiger partial charge in [0.2, 0.25) is 0 Å². The van der Waals surface area contributed by atoms with Gasteiger partial charge in [0.1, 0.15) is 0 Å². The fourth-order valence-electron chi connectivity index (χ4n) is 3.09. The average molecular weight is 327 g/mol. The van der Waals surface area contributed by atoms with Crippen LogP contribution in [-0.2, 0) is 6.54 Å². The molecule has 2 heterocycles. The van der Waals surface area contributed by atoms with Crippen molar-refractivity contribution in [1.29, 1.82) is 0 Å². The van der Waals surface area contributed by atoms with E-state index in [1.54, 1.807) is 11.3 Å². The lowest BCUT2D eigenvalue weighted by atomic mass is 10.0. The van der Waals surface area contributed by atoms with Gasteiger partial charge in [-0.2, -0.15) is 0 Å². The highest BCUT2D eigenvalue weighted by Gasteiger charge is 2.23. The minimum atomic E-state index is 0.230. The molecule has 1 aliphatic rings. The molecule has 1 aromatic heterocycles. The van der Waals surface area contributed by atoms with E-state index >= 15 is 0 Å². The first-order valence-corrected chi connectivity index (χ1v) is 9.22. The second-order valence-corrected chi connectivity index (χ2v) is 7.10. The fourth-order valence-corrected chi connectivity index (χ4v) is 4.15. The number of hydrogen-bond donors (Lipinski definition) is 1. The molecular weight excluding hydrogens is 296 g/mol. The van der Waals surface area contributed by atoms with Crippen LogP contribution in [0.25, 0.3) is 0 Å². The topological polar surface area (TPSA) is 42.8 Å². The molecular formula is C16H30N4OS. The summed E-state index contributed by atoms with van der Waals surface area (Å²) in [5, 5.41) is 10.5. The molecule has 0 unspecified atom stereocenters. The Balaban J connectivity index is 1.98. The van der Waals surface area contributed by atoms with Crippen LogP contribution in [0.15, 0.2) is 6.20 Å². The first-order valence-electron chi connectivity index (χ1n) is 8.41. The number of thiazole rings is 1. The number of nitrogens with zero attached hydrogens (tertiary/aromatic N) is 4. The van der Waals surface area contributed by atoms with Gasteiger partial charge >= 0.3 is 0 Å². The largest absolute Gasteiger partial charge is 0.395 e. The van der Waals surface area contributed by atoms with Crippen LogP contribution in [0.3, 0.4) is 0 Å². The van der Waals surface area contributed by atoms with Crippen LogP contribution in [0.5, 0.6) is 0 Å². The first-order chi connectivity index (χ1) is 10.7. The van der Waals surface area contributed by atoms with Gasteiger partial charge in [-0.05, 0) is 46.8 Å². The Hall–Kier alpha value is -0.690. The zero-order valence-electron chi connectivity index (χ0n) is 14.2. The molecule has 0 bridgehead atoms. The summed E-state index contributed by atoms with van der Waals surface area (Å²) in [4.78, 5) is 13.0. The van der Waals surface area contributed by atoms with E-state index in [1.807, 2.05) is 6.20 Å². The Bertz CT molecular complexity index is 428. The lowest BCUT2D eigenvalue weighted by Gasteiger charge is -2.36. The Labute approximate surface area is 138 Å². The zero-order valence-corrected chi connectivity index (χ0v) is 15.0. The van der Waals surface area contributed by atoms with E-state index in [9.17, 15) is 5.11 Å². The van der Waals surface area contributed by atoms with Gasteiger partial charge < -0.3 is 14.9 Å². The van der Waals surface area contributed by atoms with Gasteiger partial charge in [0.15, 0.2) is 5.13 Å². The lowest BCUT2D eigenvalue weighted by molar-refractivity contribution is 0.0949. The zero-order chi connectivity index (χ0) is 15.9. The molecule has 1 N–H and O–H groups in total. The molecule has 1 saturated heterocycles. The summed E-state index contributed by atoms with van der Waals surface area (Å²) in [6.45, 7) is 10.5. The summed E-state index contributed by atoms with van der Waals surface area (Å²) >= 11 is 1.79. The second-order valence-electron chi connectivity index (χ2n) is 6.01. The van der Waals surface area contributed by atoms with Gasteiger partial charge in [-0.15, -0.1) is 11.3 Å². The minimum absolute atomic E-state index is 0.230. The van der Waals surface area contributed by atoms with Crippen LogP contribution in [0.4, 0.5) is 5.13 Å². The fraction of sp³-hybridized carbons (Fsp3) is 0.812. The lowest BCUT2D eigenvalue weighted by Crippen LogP contribution is -2.44. The van der Waals surface area contributed by atoms with Crippen LogP contribution in [0.1, 0.15) is 31.6 Å². The monoisotopic (exact) mass is 326 g/mol. The molecule has 126 valence electrons. The molecule has 0 spiro atoms. The Kier molecular flexibility index (Phi) is 7.08. The summed E-state index contributed by atoms with van der Waals surface area (Å²) in [7, 11) is 2.19. The van der Waals surface area contributed by atoms with Gasteiger partial charge in [0.25, 0.3) is 0 Å². The van der Waals surface area contributed by atoms with Crippen LogP contribution in [-0.4, -0.2) is 72.3 Å². The highest BCUT2D eigenvalue weighted by Crippen LogP contribution is 2.25. The van der Waals surface area contributed by atoms with Crippen molar-refractivity contribution in [3.8, 4) is 0 Å². The van der Waals surface area contributed by atoms with E-state index in [2.05, 4.69) is 40.6 Å². The van der Waals surface area contributed by atoms with Crippen molar-refractivity contribution in [2.24, 2.45) is 0 Å². The molecule has 1 aromatic rings. The third-order valence-corrected chi connectivity index (χ3v) is 5.57. The molecule has 6 heteroatoms. The molecule has 1 aliphatic heterocycles. The number of rotatable bonds is 8. The van der Waals surface area contributed by atoms with Crippen LogP contribution >= 0.6 is 11.3 Å². The first kappa shape index (κ1) is 17.7. The summed E-state index contributed by atoms with van der Waals surface area (Å²) < 4.78 is 0. The number of hydrogen-bond acceptors (Lipinski definition) is 6. The molecule has 0 saturated carbocycles. The summed E-state index contributed by atoms with van der Waals surface area (Å²) in [5.74, 6) is 0. The van der Waals surface area contributed by atoms with Crippen LogP contribution in [0, 0.1) is 0 Å². The second kappa shape index (κ2) is 8.82. The molecule has 0 aromatic carbocycles. The Morgan fingerprint density at radius 2 is 2.00 bits per heavy atom. The van der Waals surface area contributed by atoms with E-state index in [0.29, 0.717) is 6.04 Å². The van der Waals surface area contributed by atoms with E-state index in [-0.39, 0.29) is 6.61 Å². The van der Waals surface area contributed by atoms with Gasteiger partial charge in [-0.25, -0.2) is 4.98 Å². The van der Waals surface area contributed by atoms with Crippen molar-refractivity contribution in [1.82, 2.24) is 14.8 Å². The number of aromatic nitrogens is 1. The van der Waals surface area contributed by atoms with E-state index in [0.717, 1.165) is 44.4 Å². The smallest absolute Gasteiger partial charge is 0.185 e. The highest BCUT2D eigenvalue weighted by atomic mass is 32.1. The third-order valence-electron chi connectivity index (χ3n) is 4.53. The number of piperidine rings is 1. The van der Waals surface area contributed by atoms with Crippen molar-refractivity contribution in [3.05, 3.63) is 11.1 Å². The summed E-state index contributed by atoms with van der Waals surface area (Å²) in [6.07, 6.45) is 4.40. The van der Waals surface area contributed by atoms with Gasteiger partial charge in [0, 0.05) is 43.3 Å².